The first-order chi connectivity index (χ1) is 13.5. The number of benzene rings is 1. The van der Waals surface area contributed by atoms with E-state index in [-0.39, 0.29) is 24.0 Å². The maximum Gasteiger partial charge on any atom is 0.466 e. The lowest BCUT2D eigenvalue weighted by atomic mass is 9.66. The van der Waals surface area contributed by atoms with Crippen molar-refractivity contribution < 1.29 is 23.2 Å². The minimum absolute atomic E-state index is 0.126. The predicted molar refractivity (Wildman–Crippen MR) is 111 cm³/mol. The molecule has 29 heavy (non-hydrogen) atoms. The number of carbonyl (C=O) groups excluding carboxylic acids is 1. The standard InChI is InChI=1S/C22H29BFNO4/c1-14-11-18(15(2)25(14)17-10-8-9-16(24)12-17)19(13-20(26)27-7)23-28-21(3,4)22(5,6)29-23/h8-12,19H,13H2,1-7H3. The molecule has 2 aromatic rings. The number of ether oxygens (including phenoxy) is 1. The van der Waals surface area contributed by atoms with Gasteiger partial charge in [0, 0.05) is 22.9 Å². The Morgan fingerprint density at radius 2 is 1.79 bits per heavy atom. The number of hydrogen-bond acceptors (Lipinski definition) is 4. The van der Waals surface area contributed by atoms with Crippen molar-refractivity contribution in [1.29, 1.82) is 0 Å². The molecule has 2 heterocycles. The predicted octanol–water partition coefficient (Wildman–Crippen LogP) is 4.51. The normalized spacial score (nSPS) is 18.7. The van der Waals surface area contributed by atoms with Crippen LogP contribution in [0.5, 0.6) is 0 Å². The molecule has 0 bridgehead atoms. The van der Waals surface area contributed by atoms with Crippen LogP contribution in [0.2, 0.25) is 0 Å². The first-order valence-electron chi connectivity index (χ1n) is 9.84. The number of halogens is 1. The Morgan fingerprint density at radius 1 is 1.17 bits per heavy atom. The van der Waals surface area contributed by atoms with Gasteiger partial charge in [-0.05, 0) is 71.4 Å². The van der Waals surface area contributed by atoms with Gasteiger partial charge in [-0.15, -0.1) is 0 Å². The topological polar surface area (TPSA) is 49.7 Å². The van der Waals surface area contributed by atoms with E-state index in [0.717, 1.165) is 22.6 Å². The highest BCUT2D eigenvalue weighted by molar-refractivity contribution is 6.48. The van der Waals surface area contributed by atoms with Crippen LogP contribution in [-0.4, -0.2) is 36.0 Å². The summed E-state index contributed by atoms with van der Waals surface area (Å²) in [5.74, 6) is -0.981. The summed E-state index contributed by atoms with van der Waals surface area (Å²) in [6.45, 7) is 11.9. The van der Waals surface area contributed by atoms with E-state index in [1.165, 1.54) is 19.2 Å². The summed E-state index contributed by atoms with van der Waals surface area (Å²) in [6.07, 6.45) is 0.126. The molecule has 0 saturated carbocycles. The van der Waals surface area contributed by atoms with Gasteiger partial charge >= 0.3 is 13.1 Å². The second-order valence-electron chi connectivity index (χ2n) is 8.65. The summed E-state index contributed by atoms with van der Waals surface area (Å²) in [4.78, 5) is 12.2. The molecule has 0 N–H and O–H groups in total. The van der Waals surface area contributed by atoms with Gasteiger partial charge in [-0.1, -0.05) is 6.07 Å². The van der Waals surface area contributed by atoms with E-state index in [4.69, 9.17) is 14.0 Å². The van der Waals surface area contributed by atoms with E-state index in [9.17, 15) is 9.18 Å². The third kappa shape index (κ3) is 3.98. The number of carbonyl (C=O) groups is 1. The van der Waals surface area contributed by atoms with Gasteiger partial charge in [-0.2, -0.15) is 0 Å². The fourth-order valence-electron chi connectivity index (χ4n) is 3.84. The molecule has 0 radical (unpaired) electrons. The van der Waals surface area contributed by atoms with Crippen molar-refractivity contribution >= 4 is 13.1 Å². The average molecular weight is 401 g/mol. The number of rotatable bonds is 5. The second-order valence-corrected chi connectivity index (χ2v) is 8.65. The molecule has 3 rings (SSSR count). The van der Waals surface area contributed by atoms with Crippen LogP contribution < -0.4 is 0 Å². The number of hydrogen-bond donors (Lipinski definition) is 0. The highest BCUT2D eigenvalue weighted by Gasteiger charge is 2.54. The SMILES string of the molecule is COC(=O)CC(B1OC(C)(C)C(C)(C)O1)c1cc(C)n(-c2cccc(F)c2)c1C. The lowest BCUT2D eigenvalue weighted by molar-refractivity contribution is -0.140. The molecule has 0 amide bonds. The quantitative estimate of drug-likeness (QED) is 0.547. The van der Waals surface area contributed by atoms with E-state index >= 15 is 0 Å². The number of aryl methyl sites for hydroxylation is 1. The first-order valence-corrected chi connectivity index (χ1v) is 9.84. The summed E-state index contributed by atoms with van der Waals surface area (Å²) in [7, 11) is 0.778. The molecule has 1 aromatic carbocycles. The van der Waals surface area contributed by atoms with Crippen LogP contribution in [0.25, 0.3) is 5.69 Å². The Labute approximate surface area is 172 Å². The summed E-state index contributed by atoms with van der Waals surface area (Å²) in [5.41, 5.74) is 2.49. The Hall–Kier alpha value is -2.12. The third-order valence-electron chi connectivity index (χ3n) is 6.15. The van der Waals surface area contributed by atoms with Crippen molar-refractivity contribution in [2.45, 2.75) is 65.0 Å². The van der Waals surface area contributed by atoms with Crippen LogP contribution in [0.15, 0.2) is 30.3 Å². The van der Waals surface area contributed by atoms with E-state index in [1.54, 1.807) is 6.07 Å². The third-order valence-corrected chi connectivity index (χ3v) is 6.15. The lowest BCUT2D eigenvalue weighted by Crippen LogP contribution is -2.41. The minimum Gasteiger partial charge on any atom is -0.469 e. The van der Waals surface area contributed by atoms with Crippen molar-refractivity contribution in [2.24, 2.45) is 0 Å². The molecular weight excluding hydrogens is 372 g/mol. The van der Waals surface area contributed by atoms with E-state index in [0.29, 0.717) is 0 Å². The maximum absolute atomic E-state index is 13.8. The summed E-state index contributed by atoms with van der Waals surface area (Å²) in [6, 6.07) is 8.47. The van der Waals surface area contributed by atoms with Crippen molar-refractivity contribution in [2.75, 3.05) is 7.11 Å². The lowest BCUT2D eigenvalue weighted by Gasteiger charge is -2.32. The second kappa shape index (κ2) is 7.61. The number of aromatic nitrogens is 1. The Morgan fingerprint density at radius 3 is 2.34 bits per heavy atom. The minimum atomic E-state index is -0.597. The van der Waals surface area contributed by atoms with Crippen LogP contribution in [0.4, 0.5) is 4.39 Å². The molecule has 156 valence electrons. The molecule has 1 saturated heterocycles. The largest absolute Gasteiger partial charge is 0.469 e. The van der Waals surface area contributed by atoms with Gasteiger partial charge in [0.2, 0.25) is 0 Å². The molecule has 1 aliphatic heterocycles. The molecule has 1 fully saturated rings. The van der Waals surface area contributed by atoms with Crippen LogP contribution in [0.3, 0.4) is 0 Å². The summed E-state index contributed by atoms with van der Waals surface area (Å²) >= 11 is 0. The fourth-order valence-corrected chi connectivity index (χ4v) is 3.84. The fraction of sp³-hybridized carbons (Fsp3) is 0.500. The van der Waals surface area contributed by atoms with Gasteiger partial charge < -0.3 is 18.6 Å². The number of esters is 1. The molecular formula is C22H29BFNO4. The molecule has 0 aliphatic carbocycles. The van der Waals surface area contributed by atoms with E-state index in [2.05, 4.69) is 0 Å². The average Bonchev–Trinajstić information content (AvgIpc) is 3.03. The van der Waals surface area contributed by atoms with E-state index < -0.39 is 18.3 Å². The van der Waals surface area contributed by atoms with Crippen molar-refractivity contribution in [3.63, 3.8) is 0 Å². The van der Waals surface area contributed by atoms with Gasteiger partial charge in [0.1, 0.15) is 5.82 Å². The van der Waals surface area contributed by atoms with Gasteiger partial charge in [0.25, 0.3) is 0 Å². The molecule has 1 atom stereocenters. The molecule has 5 nitrogen and oxygen atoms in total. The van der Waals surface area contributed by atoms with Gasteiger partial charge in [-0.25, -0.2) is 4.39 Å². The molecule has 1 aromatic heterocycles. The van der Waals surface area contributed by atoms with Crippen molar-refractivity contribution in [1.82, 2.24) is 4.57 Å². The van der Waals surface area contributed by atoms with Gasteiger partial charge in [-0.3, -0.25) is 4.79 Å². The first kappa shape index (κ1) is 21.6. The van der Waals surface area contributed by atoms with E-state index in [1.807, 2.05) is 58.2 Å². The van der Waals surface area contributed by atoms with Crippen LogP contribution in [0, 0.1) is 19.7 Å². The molecule has 1 aliphatic rings. The smallest absolute Gasteiger partial charge is 0.466 e. The zero-order valence-corrected chi connectivity index (χ0v) is 18.2. The Kier molecular flexibility index (Phi) is 5.67. The molecule has 1 unspecified atom stereocenters. The number of methoxy groups -OCH3 is 1. The van der Waals surface area contributed by atoms with Gasteiger partial charge in [0.05, 0.1) is 24.7 Å². The van der Waals surface area contributed by atoms with Crippen LogP contribution in [0.1, 0.15) is 56.9 Å². The maximum atomic E-state index is 13.8. The zero-order chi connectivity index (χ0) is 21.6. The molecule has 0 spiro atoms. The molecule has 7 heteroatoms. The summed E-state index contributed by atoms with van der Waals surface area (Å²) < 4.78 is 33.2. The van der Waals surface area contributed by atoms with Crippen molar-refractivity contribution in [3.8, 4) is 5.69 Å². The van der Waals surface area contributed by atoms with Crippen molar-refractivity contribution in [3.05, 3.63) is 53.1 Å². The monoisotopic (exact) mass is 401 g/mol. The summed E-state index contributed by atoms with van der Waals surface area (Å²) in [5, 5.41) is 0. The van der Waals surface area contributed by atoms with Crippen LogP contribution >= 0.6 is 0 Å². The Bertz CT molecular complexity index is 906. The zero-order valence-electron chi connectivity index (χ0n) is 18.2. The number of nitrogens with zero attached hydrogens (tertiary/aromatic N) is 1. The Balaban J connectivity index is 2.06. The highest BCUT2D eigenvalue weighted by atomic mass is 19.1. The highest BCUT2D eigenvalue weighted by Crippen LogP contribution is 2.43. The van der Waals surface area contributed by atoms with Crippen LogP contribution in [-0.2, 0) is 18.8 Å². The van der Waals surface area contributed by atoms with Gasteiger partial charge in [0.15, 0.2) is 0 Å².